The van der Waals surface area contributed by atoms with E-state index >= 15 is 0 Å². The lowest BCUT2D eigenvalue weighted by molar-refractivity contribution is 0.572. The maximum absolute atomic E-state index is 13.1. The summed E-state index contributed by atoms with van der Waals surface area (Å²) in [6.07, 6.45) is 5.93. The Morgan fingerprint density at radius 3 is 2.77 bits per heavy atom. The van der Waals surface area contributed by atoms with E-state index in [-0.39, 0.29) is 5.82 Å². The van der Waals surface area contributed by atoms with Crippen LogP contribution in [0.25, 0.3) is 33.7 Å². The van der Waals surface area contributed by atoms with Crippen LogP contribution < -0.4 is 0 Å². The summed E-state index contributed by atoms with van der Waals surface area (Å²) in [5.41, 5.74) is 3.72. The Labute approximate surface area is 181 Å². The Kier molecular flexibility index (Phi) is 4.38. The molecule has 0 atom stereocenters. The van der Waals surface area contributed by atoms with Crippen molar-refractivity contribution < 1.29 is 8.81 Å². The first kappa shape index (κ1) is 18.4. The fraction of sp³-hybridized carbons (Fsp3) is 0.174. The molecule has 6 rings (SSSR count). The number of hydrogen-bond donors (Lipinski definition) is 1. The molecule has 8 heteroatoms. The van der Waals surface area contributed by atoms with Crippen LogP contribution >= 0.6 is 11.8 Å². The zero-order chi connectivity index (χ0) is 20.8. The van der Waals surface area contributed by atoms with Crippen LogP contribution in [0.2, 0.25) is 0 Å². The minimum Gasteiger partial charge on any atom is -0.444 e. The molecule has 1 saturated carbocycles. The third kappa shape index (κ3) is 3.42. The van der Waals surface area contributed by atoms with E-state index in [0.717, 1.165) is 51.5 Å². The van der Waals surface area contributed by atoms with E-state index in [2.05, 4.69) is 36.9 Å². The monoisotopic (exact) mass is 431 g/mol. The molecule has 6 nitrogen and oxygen atoms in total. The number of thioether (sulfide) groups is 1. The fourth-order valence-corrected chi connectivity index (χ4v) is 4.60. The maximum Gasteiger partial charge on any atom is 0.226 e. The summed E-state index contributed by atoms with van der Waals surface area (Å²) in [6.45, 7) is 0. The molecule has 0 radical (unpaired) electrons. The Morgan fingerprint density at radius 1 is 1.10 bits per heavy atom. The van der Waals surface area contributed by atoms with Crippen LogP contribution in [-0.4, -0.2) is 24.7 Å². The molecule has 0 unspecified atom stereocenters. The average Bonchev–Trinajstić information content (AvgIpc) is 3.20. The third-order valence-electron chi connectivity index (χ3n) is 5.40. The van der Waals surface area contributed by atoms with Gasteiger partial charge in [-0.25, -0.2) is 9.37 Å². The molecule has 3 heterocycles. The van der Waals surface area contributed by atoms with Gasteiger partial charge in [-0.2, -0.15) is 0 Å². The molecule has 5 aromatic rings. The number of nitrogens with one attached hydrogen (secondary N) is 1. The van der Waals surface area contributed by atoms with Gasteiger partial charge in [-0.15, -0.1) is 10.2 Å². The SMILES string of the molecule is Fc1ccc(-c2nc(CSc3nnc(-c4c[nH]c5ccccc45)n3C3CC3)co2)cc1. The normalized spacial score (nSPS) is 13.8. The summed E-state index contributed by atoms with van der Waals surface area (Å²) >= 11 is 1.60. The molecule has 0 saturated heterocycles. The van der Waals surface area contributed by atoms with Gasteiger partial charge in [-0.05, 0) is 43.2 Å². The van der Waals surface area contributed by atoms with Crippen LogP contribution in [0, 0.1) is 5.82 Å². The number of benzene rings is 2. The standard InChI is InChI=1S/C23H18FN5OS/c24-15-7-5-14(6-8-15)22-26-16(12-30-22)13-31-23-28-27-21(29(23)17-9-10-17)19-11-25-20-4-2-1-3-18(19)20/h1-8,11-12,17,25H,9-10,13H2. The minimum atomic E-state index is -0.281. The predicted molar refractivity (Wildman–Crippen MR) is 117 cm³/mol. The van der Waals surface area contributed by atoms with Crippen LogP contribution in [0.5, 0.6) is 0 Å². The molecular weight excluding hydrogens is 413 g/mol. The highest BCUT2D eigenvalue weighted by atomic mass is 32.2. The van der Waals surface area contributed by atoms with Crippen molar-refractivity contribution in [3.05, 3.63) is 72.5 Å². The number of fused-ring (bicyclic) bond motifs is 1. The summed E-state index contributed by atoms with van der Waals surface area (Å²) < 4.78 is 21.0. The largest absolute Gasteiger partial charge is 0.444 e. The molecule has 0 aliphatic heterocycles. The molecule has 1 aliphatic carbocycles. The smallest absolute Gasteiger partial charge is 0.226 e. The van der Waals surface area contributed by atoms with Gasteiger partial charge in [-0.3, -0.25) is 4.57 Å². The molecule has 1 N–H and O–H groups in total. The first-order chi connectivity index (χ1) is 15.3. The maximum atomic E-state index is 13.1. The molecule has 0 spiro atoms. The van der Waals surface area contributed by atoms with Crippen LogP contribution in [0.4, 0.5) is 4.39 Å². The Morgan fingerprint density at radius 2 is 1.94 bits per heavy atom. The Balaban J connectivity index is 1.26. The van der Waals surface area contributed by atoms with E-state index in [1.54, 1.807) is 30.2 Å². The summed E-state index contributed by atoms with van der Waals surface area (Å²) in [4.78, 5) is 7.87. The van der Waals surface area contributed by atoms with E-state index in [1.165, 1.54) is 12.1 Å². The van der Waals surface area contributed by atoms with Gasteiger partial charge in [0, 0.05) is 40.0 Å². The first-order valence-corrected chi connectivity index (χ1v) is 11.1. The Bertz CT molecular complexity index is 1370. The van der Waals surface area contributed by atoms with Crippen LogP contribution in [0.3, 0.4) is 0 Å². The fourth-order valence-electron chi connectivity index (χ4n) is 3.71. The highest BCUT2D eigenvalue weighted by molar-refractivity contribution is 7.98. The van der Waals surface area contributed by atoms with Crippen molar-refractivity contribution in [2.75, 3.05) is 0 Å². The third-order valence-corrected chi connectivity index (χ3v) is 6.38. The second kappa shape index (κ2) is 7.39. The van der Waals surface area contributed by atoms with Crippen LogP contribution in [0.1, 0.15) is 24.6 Å². The van der Waals surface area contributed by atoms with Gasteiger partial charge in [0.15, 0.2) is 11.0 Å². The first-order valence-electron chi connectivity index (χ1n) is 10.1. The van der Waals surface area contributed by atoms with E-state index in [1.807, 2.05) is 18.3 Å². The molecule has 31 heavy (non-hydrogen) atoms. The van der Waals surface area contributed by atoms with Crippen molar-refractivity contribution in [3.8, 4) is 22.8 Å². The summed E-state index contributed by atoms with van der Waals surface area (Å²) in [6, 6.07) is 14.8. The van der Waals surface area contributed by atoms with Gasteiger partial charge in [0.25, 0.3) is 0 Å². The molecule has 0 bridgehead atoms. The zero-order valence-electron chi connectivity index (χ0n) is 16.5. The molecular formula is C23H18FN5OS. The van der Waals surface area contributed by atoms with Crippen molar-refractivity contribution in [2.24, 2.45) is 0 Å². The van der Waals surface area contributed by atoms with Gasteiger partial charge in [0.1, 0.15) is 12.1 Å². The summed E-state index contributed by atoms with van der Waals surface area (Å²) in [5.74, 6) is 1.72. The van der Waals surface area contributed by atoms with Gasteiger partial charge in [0.2, 0.25) is 5.89 Å². The molecule has 2 aromatic carbocycles. The number of H-pyrrole nitrogens is 1. The zero-order valence-corrected chi connectivity index (χ0v) is 17.3. The van der Waals surface area contributed by atoms with Crippen molar-refractivity contribution in [2.45, 2.75) is 29.8 Å². The summed E-state index contributed by atoms with van der Waals surface area (Å²) in [7, 11) is 0. The number of aromatic amines is 1. The van der Waals surface area contributed by atoms with Gasteiger partial charge in [-0.1, -0.05) is 30.0 Å². The van der Waals surface area contributed by atoms with E-state index < -0.39 is 0 Å². The lowest BCUT2D eigenvalue weighted by atomic mass is 10.1. The van der Waals surface area contributed by atoms with E-state index in [4.69, 9.17) is 4.42 Å². The van der Waals surface area contributed by atoms with Crippen molar-refractivity contribution >= 4 is 22.7 Å². The average molecular weight is 431 g/mol. The van der Waals surface area contributed by atoms with Gasteiger partial charge < -0.3 is 9.40 Å². The molecule has 154 valence electrons. The number of para-hydroxylation sites is 1. The lowest BCUT2D eigenvalue weighted by Crippen LogP contribution is -1.99. The van der Waals surface area contributed by atoms with Gasteiger partial charge in [0.05, 0.1) is 5.69 Å². The number of hydrogen-bond acceptors (Lipinski definition) is 5. The summed E-state index contributed by atoms with van der Waals surface area (Å²) in [5, 5.41) is 11.1. The number of halogens is 1. The molecule has 0 amide bonds. The quantitative estimate of drug-likeness (QED) is 0.342. The Hall–Kier alpha value is -3.39. The van der Waals surface area contributed by atoms with Crippen LogP contribution in [-0.2, 0) is 5.75 Å². The second-order valence-electron chi connectivity index (χ2n) is 7.59. The number of oxazole rings is 1. The number of nitrogens with zero attached hydrogens (tertiary/aromatic N) is 4. The van der Waals surface area contributed by atoms with Crippen molar-refractivity contribution in [3.63, 3.8) is 0 Å². The predicted octanol–water partition coefficient (Wildman–Crippen LogP) is 5.85. The molecule has 1 fully saturated rings. The highest BCUT2D eigenvalue weighted by Crippen LogP contribution is 2.42. The number of aromatic nitrogens is 5. The lowest BCUT2D eigenvalue weighted by Gasteiger charge is -2.07. The van der Waals surface area contributed by atoms with E-state index in [9.17, 15) is 4.39 Å². The topological polar surface area (TPSA) is 72.5 Å². The molecule has 3 aromatic heterocycles. The second-order valence-corrected chi connectivity index (χ2v) is 8.54. The van der Waals surface area contributed by atoms with Crippen molar-refractivity contribution in [1.82, 2.24) is 24.7 Å². The van der Waals surface area contributed by atoms with Crippen molar-refractivity contribution in [1.29, 1.82) is 0 Å². The van der Waals surface area contributed by atoms with Gasteiger partial charge >= 0.3 is 0 Å². The minimum absolute atomic E-state index is 0.281. The number of rotatable bonds is 6. The van der Waals surface area contributed by atoms with E-state index in [0.29, 0.717) is 17.7 Å². The molecule has 1 aliphatic rings. The highest BCUT2D eigenvalue weighted by Gasteiger charge is 2.31. The van der Waals surface area contributed by atoms with Crippen LogP contribution in [0.15, 0.2) is 70.6 Å².